The second-order valence-electron chi connectivity index (χ2n) is 5.14. The number of halogens is 1. The fourth-order valence-electron chi connectivity index (χ4n) is 2.21. The minimum absolute atomic E-state index is 0.192. The SMILES string of the molecule is C=CCNC(=S)[C@H](C(=O)c1ccc(F)cc1)[n+]1cccc(C)c1. The number of thiocarbonyl (C=S) groups is 1. The molecule has 5 heteroatoms. The summed E-state index contributed by atoms with van der Waals surface area (Å²) in [4.78, 5) is 13.3. The van der Waals surface area contributed by atoms with E-state index < -0.39 is 6.04 Å². The number of carbonyl (C=O) groups excluding carboxylic acids is 1. The van der Waals surface area contributed by atoms with Gasteiger partial charge in [-0.05, 0) is 37.3 Å². The molecule has 0 spiro atoms. The Morgan fingerprint density at radius 1 is 1.39 bits per heavy atom. The molecule has 118 valence electrons. The molecule has 0 aliphatic heterocycles. The smallest absolute Gasteiger partial charge is 0.270 e. The number of aryl methyl sites for hydroxylation is 1. The second-order valence-corrected chi connectivity index (χ2v) is 5.58. The van der Waals surface area contributed by atoms with Gasteiger partial charge in [0.1, 0.15) is 5.82 Å². The molecular weight excluding hydrogens is 311 g/mol. The van der Waals surface area contributed by atoms with E-state index in [0.29, 0.717) is 17.1 Å². The summed E-state index contributed by atoms with van der Waals surface area (Å²) >= 11 is 5.39. The van der Waals surface area contributed by atoms with Gasteiger partial charge >= 0.3 is 0 Å². The average molecular weight is 329 g/mol. The lowest BCUT2D eigenvalue weighted by Gasteiger charge is -2.14. The number of pyridine rings is 1. The molecule has 2 aromatic rings. The predicted molar refractivity (Wildman–Crippen MR) is 91.9 cm³/mol. The van der Waals surface area contributed by atoms with E-state index in [1.54, 1.807) is 16.8 Å². The van der Waals surface area contributed by atoms with Gasteiger partial charge in [0, 0.05) is 23.7 Å². The molecule has 1 aromatic carbocycles. The molecule has 0 bridgehead atoms. The Bertz CT molecular complexity index is 728. The molecule has 0 unspecified atom stereocenters. The van der Waals surface area contributed by atoms with Crippen LogP contribution in [0.15, 0.2) is 61.4 Å². The van der Waals surface area contributed by atoms with Crippen LogP contribution in [0.1, 0.15) is 22.0 Å². The highest BCUT2D eigenvalue weighted by Gasteiger charge is 2.33. The standard InChI is InChI=1S/C18H17FN2OS/c1-3-10-20-18(23)16(21-11-4-5-13(2)12-21)17(22)14-6-8-15(19)9-7-14/h3-9,11-12,16H,1,10H2,2H3/p+1/t16-/m0/s1. The van der Waals surface area contributed by atoms with E-state index in [4.69, 9.17) is 12.2 Å². The number of carbonyl (C=O) groups is 1. The van der Waals surface area contributed by atoms with Gasteiger partial charge in [-0.15, -0.1) is 6.58 Å². The molecule has 0 amide bonds. The first-order valence-corrected chi connectivity index (χ1v) is 7.59. The third-order valence-corrected chi connectivity index (χ3v) is 3.68. The number of rotatable bonds is 6. The molecule has 23 heavy (non-hydrogen) atoms. The Kier molecular flexibility index (Phi) is 5.71. The lowest BCUT2D eigenvalue weighted by Crippen LogP contribution is -2.51. The van der Waals surface area contributed by atoms with E-state index in [1.165, 1.54) is 24.3 Å². The number of benzene rings is 1. The molecular formula is C18H18FN2OS+. The summed E-state index contributed by atoms with van der Waals surface area (Å²) in [5.41, 5.74) is 1.42. The van der Waals surface area contributed by atoms with E-state index in [1.807, 2.05) is 25.3 Å². The molecule has 3 nitrogen and oxygen atoms in total. The number of nitrogens with one attached hydrogen (secondary N) is 1. The third kappa shape index (κ3) is 4.29. The van der Waals surface area contributed by atoms with E-state index >= 15 is 0 Å². The number of hydrogen-bond donors (Lipinski definition) is 1. The average Bonchev–Trinajstić information content (AvgIpc) is 2.53. The molecule has 1 aromatic heterocycles. The molecule has 0 radical (unpaired) electrons. The Morgan fingerprint density at radius 2 is 2.09 bits per heavy atom. The van der Waals surface area contributed by atoms with Gasteiger partial charge in [-0.25, -0.2) is 4.39 Å². The molecule has 1 atom stereocenters. The molecule has 1 N–H and O–H groups in total. The topological polar surface area (TPSA) is 33.0 Å². The van der Waals surface area contributed by atoms with E-state index in [9.17, 15) is 9.18 Å². The van der Waals surface area contributed by atoms with Gasteiger partial charge in [-0.1, -0.05) is 18.3 Å². The van der Waals surface area contributed by atoms with Gasteiger partial charge in [0.15, 0.2) is 17.4 Å². The lowest BCUT2D eigenvalue weighted by molar-refractivity contribution is -0.692. The molecule has 2 rings (SSSR count). The molecule has 0 fully saturated rings. The molecule has 0 saturated carbocycles. The summed E-state index contributed by atoms with van der Waals surface area (Å²) in [6.07, 6.45) is 5.32. The zero-order chi connectivity index (χ0) is 16.8. The zero-order valence-electron chi connectivity index (χ0n) is 12.8. The van der Waals surface area contributed by atoms with Gasteiger partial charge in [0.2, 0.25) is 5.78 Å². The Balaban J connectivity index is 2.40. The third-order valence-electron chi connectivity index (χ3n) is 3.31. The van der Waals surface area contributed by atoms with Gasteiger partial charge < -0.3 is 5.32 Å². The first kappa shape index (κ1) is 17.0. The highest BCUT2D eigenvalue weighted by atomic mass is 32.1. The van der Waals surface area contributed by atoms with Crippen molar-refractivity contribution in [2.75, 3.05) is 6.54 Å². The van der Waals surface area contributed by atoms with Crippen LogP contribution in [0.5, 0.6) is 0 Å². The van der Waals surface area contributed by atoms with E-state index in [-0.39, 0.29) is 11.6 Å². The summed E-state index contributed by atoms with van der Waals surface area (Å²) in [5.74, 6) is -0.573. The monoisotopic (exact) mass is 329 g/mol. The fraction of sp³-hybridized carbons (Fsp3) is 0.167. The molecule has 1 heterocycles. The van der Waals surface area contributed by atoms with Crippen molar-refractivity contribution in [2.24, 2.45) is 0 Å². The summed E-state index contributed by atoms with van der Waals surface area (Å²) in [6, 6.07) is 8.59. The largest absolute Gasteiger partial charge is 0.370 e. The van der Waals surface area contributed by atoms with Crippen LogP contribution < -0.4 is 9.88 Å². The quantitative estimate of drug-likeness (QED) is 0.383. The van der Waals surface area contributed by atoms with Crippen LogP contribution in [0.4, 0.5) is 4.39 Å². The maximum Gasteiger partial charge on any atom is 0.270 e. The van der Waals surface area contributed by atoms with Crippen LogP contribution in [-0.2, 0) is 0 Å². The number of nitrogens with zero attached hydrogens (tertiary/aromatic N) is 1. The Morgan fingerprint density at radius 3 is 2.70 bits per heavy atom. The maximum absolute atomic E-state index is 13.1. The predicted octanol–water partition coefficient (Wildman–Crippen LogP) is 2.95. The summed E-state index contributed by atoms with van der Waals surface area (Å²) in [7, 11) is 0. The van der Waals surface area contributed by atoms with Crippen LogP contribution >= 0.6 is 12.2 Å². The van der Waals surface area contributed by atoms with Gasteiger partial charge in [-0.3, -0.25) is 4.79 Å². The van der Waals surface area contributed by atoms with Gasteiger partial charge in [0.05, 0.1) is 0 Å². The number of Topliss-reactive ketones (excluding diaryl/α,β-unsaturated/α-hetero) is 1. The maximum atomic E-state index is 13.1. The van der Waals surface area contributed by atoms with Crippen molar-refractivity contribution >= 4 is 23.0 Å². The summed E-state index contributed by atoms with van der Waals surface area (Å²) < 4.78 is 14.8. The molecule has 0 aliphatic rings. The highest BCUT2D eigenvalue weighted by molar-refractivity contribution is 7.80. The molecule has 0 aliphatic carbocycles. The Hall–Kier alpha value is -2.40. The lowest BCUT2D eigenvalue weighted by atomic mass is 10.0. The zero-order valence-corrected chi connectivity index (χ0v) is 13.6. The number of hydrogen-bond acceptors (Lipinski definition) is 2. The van der Waals surface area contributed by atoms with Crippen molar-refractivity contribution in [3.05, 3.63) is 78.4 Å². The van der Waals surface area contributed by atoms with Crippen molar-refractivity contribution in [2.45, 2.75) is 13.0 Å². The van der Waals surface area contributed by atoms with Crippen molar-refractivity contribution < 1.29 is 13.8 Å². The van der Waals surface area contributed by atoms with Crippen LogP contribution in [0.3, 0.4) is 0 Å². The fourth-order valence-corrected chi connectivity index (χ4v) is 2.52. The van der Waals surface area contributed by atoms with Gasteiger partial charge in [-0.2, -0.15) is 4.57 Å². The number of aromatic nitrogens is 1. The normalized spacial score (nSPS) is 11.6. The summed E-state index contributed by atoms with van der Waals surface area (Å²) in [6.45, 7) is 6.05. The highest BCUT2D eigenvalue weighted by Crippen LogP contribution is 2.12. The minimum Gasteiger partial charge on any atom is -0.370 e. The van der Waals surface area contributed by atoms with Crippen LogP contribution in [0.25, 0.3) is 0 Å². The van der Waals surface area contributed by atoms with Crippen LogP contribution in [-0.4, -0.2) is 17.3 Å². The molecule has 0 saturated heterocycles. The number of ketones is 1. The van der Waals surface area contributed by atoms with Crippen LogP contribution in [0.2, 0.25) is 0 Å². The van der Waals surface area contributed by atoms with Crippen molar-refractivity contribution in [1.29, 1.82) is 0 Å². The van der Waals surface area contributed by atoms with Crippen molar-refractivity contribution in [1.82, 2.24) is 5.32 Å². The van der Waals surface area contributed by atoms with E-state index in [2.05, 4.69) is 11.9 Å². The van der Waals surface area contributed by atoms with Gasteiger partial charge in [0.25, 0.3) is 6.04 Å². The minimum atomic E-state index is -0.685. The summed E-state index contributed by atoms with van der Waals surface area (Å²) in [5, 5.41) is 3.01. The Labute approximate surface area is 140 Å². The van der Waals surface area contributed by atoms with E-state index in [0.717, 1.165) is 5.56 Å². The van der Waals surface area contributed by atoms with Crippen molar-refractivity contribution in [3.8, 4) is 0 Å². The first-order chi connectivity index (χ1) is 11.0. The van der Waals surface area contributed by atoms with Crippen LogP contribution in [0, 0.1) is 12.7 Å². The first-order valence-electron chi connectivity index (χ1n) is 7.18. The van der Waals surface area contributed by atoms with Crippen molar-refractivity contribution in [3.63, 3.8) is 0 Å². The second kappa shape index (κ2) is 7.74.